The van der Waals surface area contributed by atoms with E-state index in [4.69, 9.17) is 0 Å². The smallest absolute Gasteiger partial charge is 0.394 e. The summed E-state index contributed by atoms with van der Waals surface area (Å²) in [6.07, 6.45) is -3.61. The van der Waals surface area contributed by atoms with Gasteiger partial charge >= 0.3 is 6.18 Å². The SMILES string of the molecule is CC(C)CC(CO)Nc1ccc(C(F)(F)F)cc1Br. The molecule has 1 unspecified atom stereocenters. The highest BCUT2D eigenvalue weighted by molar-refractivity contribution is 9.10. The van der Waals surface area contributed by atoms with Gasteiger partial charge in [0.15, 0.2) is 0 Å². The molecule has 108 valence electrons. The summed E-state index contributed by atoms with van der Waals surface area (Å²) in [7, 11) is 0. The molecule has 1 atom stereocenters. The summed E-state index contributed by atoms with van der Waals surface area (Å²) in [5.74, 6) is 0.387. The highest BCUT2D eigenvalue weighted by Crippen LogP contribution is 2.34. The number of hydrogen-bond donors (Lipinski definition) is 2. The van der Waals surface area contributed by atoms with Crippen molar-refractivity contribution in [1.82, 2.24) is 0 Å². The van der Waals surface area contributed by atoms with Gasteiger partial charge in [-0.1, -0.05) is 13.8 Å². The van der Waals surface area contributed by atoms with Gasteiger partial charge in [-0.15, -0.1) is 0 Å². The fourth-order valence-electron chi connectivity index (χ4n) is 1.78. The Morgan fingerprint density at radius 3 is 2.37 bits per heavy atom. The molecule has 2 nitrogen and oxygen atoms in total. The van der Waals surface area contributed by atoms with Crippen molar-refractivity contribution in [2.75, 3.05) is 11.9 Å². The zero-order valence-corrected chi connectivity index (χ0v) is 12.3. The van der Waals surface area contributed by atoms with E-state index in [2.05, 4.69) is 21.2 Å². The first-order chi connectivity index (χ1) is 8.74. The molecule has 0 radical (unpaired) electrons. The normalized spacial score (nSPS) is 13.7. The second-order valence-corrected chi connectivity index (χ2v) is 5.70. The van der Waals surface area contributed by atoms with Crippen molar-refractivity contribution in [1.29, 1.82) is 0 Å². The zero-order chi connectivity index (χ0) is 14.6. The molecular formula is C13H17BrF3NO. The summed E-state index contributed by atoms with van der Waals surface area (Å²) >= 11 is 3.12. The molecule has 0 bridgehead atoms. The van der Waals surface area contributed by atoms with E-state index in [9.17, 15) is 18.3 Å². The predicted octanol–water partition coefficient (Wildman–Crippen LogP) is 4.29. The maximum absolute atomic E-state index is 12.5. The molecule has 0 aromatic heterocycles. The monoisotopic (exact) mass is 339 g/mol. The Labute approximate surface area is 119 Å². The minimum atomic E-state index is -4.35. The maximum Gasteiger partial charge on any atom is 0.416 e. The summed E-state index contributed by atoms with van der Waals surface area (Å²) < 4.78 is 37.9. The molecular weight excluding hydrogens is 323 g/mol. The van der Waals surface area contributed by atoms with Gasteiger partial charge in [-0.05, 0) is 46.5 Å². The van der Waals surface area contributed by atoms with Crippen molar-refractivity contribution < 1.29 is 18.3 Å². The molecule has 0 aliphatic rings. The lowest BCUT2D eigenvalue weighted by Crippen LogP contribution is -2.25. The van der Waals surface area contributed by atoms with E-state index < -0.39 is 11.7 Å². The molecule has 0 fully saturated rings. The van der Waals surface area contributed by atoms with Crippen molar-refractivity contribution in [2.24, 2.45) is 5.92 Å². The number of halogens is 4. The number of hydrogen-bond acceptors (Lipinski definition) is 2. The quantitative estimate of drug-likeness (QED) is 0.838. The summed E-state index contributed by atoms with van der Waals surface area (Å²) in [5.41, 5.74) is -0.151. The van der Waals surface area contributed by atoms with Crippen LogP contribution in [0.2, 0.25) is 0 Å². The highest BCUT2D eigenvalue weighted by Gasteiger charge is 2.30. The van der Waals surface area contributed by atoms with Gasteiger partial charge in [-0.2, -0.15) is 13.2 Å². The van der Waals surface area contributed by atoms with E-state index in [1.54, 1.807) is 0 Å². The first kappa shape index (κ1) is 16.3. The Hall–Kier alpha value is -0.750. The third-order valence-electron chi connectivity index (χ3n) is 2.63. The Morgan fingerprint density at radius 2 is 1.95 bits per heavy atom. The fourth-order valence-corrected chi connectivity index (χ4v) is 2.27. The van der Waals surface area contributed by atoms with Crippen LogP contribution in [0, 0.1) is 5.92 Å². The number of benzene rings is 1. The van der Waals surface area contributed by atoms with Crippen LogP contribution in [0.15, 0.2) is 22.7 Å². The van der Waals surface area contributed by atoms with Crippen molar-refractivity contribution in [2.45, 2.75) is 32.5 Å². The molecule has 19 heavy (non-hydrogen) atoms. The molecule has 0 saturated heterocycles. The molecule has 0 aliphatic carbocycles. The number of alkyl halides is 3. The third kappa shape index (κ3) is 5.03. The van der Waals surface area contributed by atoms with E-state index >= 15 is 0 Å². The molecule has 0 amide bonds. The Morgan fingerprint density at radius 1 is 1.32 bits per heavy atom. The molecule has 1 aromatic carbocycles. The van der Waals surface area contributed by atoms with Gasteiger partial charge in [0.2, 0.25) is 0 Å². The minimum absolute atomic E-state index is 0.0638. The highest BCUT2D eigenvalue weighted by atomic mass is 79.9. The van der Waals surface area contributed by atoms with Crippen molar-refractivity contribution >= 4 is 21.6 Å². The predicted molar refractivity (Wildman–Crippen MR) is 73.1 cm³/mol. The van der Waals surface area contributed by atoms with Gasteiger partial charge in [-0.3, -0.25) is 0 Å². The summed E-state index contributed by atoms with van der Waals surface area (Å²) in [4.78, 5) is 0. The average molecular weight is 340 g/mol. The molecule has 2 N–H and O–H groups in total. The first-order valence-corrected chi connectivity index (χ1v) is 6.77. The number of rotatable bonds is 5. The van der Waals surface area contributed by atoms with E-state index in [1.165, 1.54) is 6.07 Å². The molecule has 0 spiro atoms. The molecule has 6 heteroatoms. The summed E-state index contributed by atoms with van der Waals surface area (Å²) in [6, 6.07) is 3.26. The summed E-state index contributed by atoms with van der Waals surface area (Å²) in [5, 5.41) is 12.3. The molecule has 1 aromatic rings. The lowest BCUT2D eigenvalue weighted by Gasteiger charge is -2.21. The van der Waals surface area contributed by atoms with E-state index in [1.807, 2.05) is 13.8 Å². The average Bonchev–Trinajstić information content (AvgIpc) is 2.28. The van der Waals surface area contributed by atoms with Crippen LogP contribution in [0.4, 0.5) is 18.9 Å². The van der Waals surface area contributed by atoms with Crippen LogP contribution >= 0.6 is 15.9 Å². The van der Waals surface area contributed by atoms with Gasteiger partial charge in [-0.25, -0.2) is 0 Å². The van der Waals surface area contributed by atoms with Crippen LogP contribution in [0.5, 0.6) is 0 Å². The summed E-state index contributed by atoms with van der Waals surface area (Å²) in [6.45, 7) is 3.98. The molecule has 1 rings (SSSR count). The second-order valence-electron chi connectivity index (χ2n) is 4.85. The van der Waals surface area contributed by atoms with Crippen LogP contribution in [0.3, 0.4) is 0 Å². The van der Waals surface area contributed by atoms with Gasteiger partial charge in [0.05, 0.1) is 12.2 Å². The van der Waals surface area contributed by atoms with Crippen molar-refractivity contribution in [3.63, 3.8) is 0 Å². The van der Waals surface area contributed by atoms with Crippen LogP contribution in [0.25, 0.3) is 0 Å². The Kier molecular flexibility index (Phi) is 5.67. The lowest BCUT2D eigenvalue weighted by atomic mass is 10.0. The van der Waals surface area contributed by atoms with Crippen LogP contribution in [0.1, 0.15) is 25.8 Å². The number of aliphatic hydroxyl groups is 1. The molecule has 0 saturated carbocycles. The van der Waals surface area contributed by atoms with E-state index in [0.29, 0.717) is 16.1 Å². The van der Waals surface area contributed by atoms with Crippen molar-refractivity contribution in [3.8, 4) is 0 Å². The van der Waals surface area contributed by atoms with E-state index in [-0.39, 0.29) is 12.6 Å². The molecule has 0 aliphatic heterocycles. The van der Waals surface area contributed by atoms with Crippen LogP contribution in [-0.2, 0) is 6.18 Å². The third-order valence-corrected chi connectivity index (χ3v) is 3.29. The van der Waals surface area contributed by atoms with Crippen molar-refractivity contribution in [3.05, 3.63) is 28.2 Å². The Bertz CT molecular complexity index is 421. The van der Waals surface area contributed by atoms with Gasteiger partial charge < -0.3 is 10.4 Å². The maximum atomic E-state index is 12.5. The van der Waals surface area contributed by atoms with Gasteiger partial charge in [0.1, 0.15) is 0 Å². The van der Waals surface area contributed by atoms with E-state index in [0.717, 1.165) is 18.6 Å². The second kappa shape index (κ2) is 6.61. The lowest BCUT2D eigenvalue weighted by molar-refractivity contribution is -0.137. The van der Waals surface area contributed by atoms with Gasteiger partial charge in [0.25, 0.3) is 0 Å². The van der Waals surface area contributed by atoms with Crippen LogP contribution in [-0.4, -0.2) is 17.8 Å². The number of anilines is 1. The zero-order valence-electron chi connectivity index (χ0n) is 10.8. The largest absolute Gasteiger partial charge is 0.416 e. The van der Waals surface area contributed by atoms with Gasteiger partial charge in [0, 0.05) is 16.2 Å². The topological polar surface area (TPSA) is 32.3 Å². The molecule has 0 heterocycles. The standard InChI is InChI=1S/C13H17BrF3NO/c1-8(2)5-10(7-19)18-12-4-3-9(6-11(12)14)13(15,16)17/h3-4,6,8,10,18-19H,5,7H2,1-2H3. The minimum Gasteiger partial charge on any atom is -0.394 e. The Balaban J connectivity index is 2.85. The number of nitrogens with one attached hydrogen (secondary N) is 1. The van der Waals surface area contributed by atoms with Crippen LogP contribution < -0.4 is 5.32 Å². The fraction of sp³-hybridized carbons (Fsp3) is 0.538. The number of aliphatic hydroxyl groups excluding tert-OH is 1. The first-order valence-electron chi connectivity index (χ1n) is 5.98.